The van der Waals surface area contributed by atoms with E-state index in [1.165, 1.54) is 5.56 Å². The second-order valence-corrected chi connectivity index (χ2v) is 11.6. The van der Waals surface area contributed by atoms with Crippen molar-refractivity contribution < 1.29 is 40.2 Å². The van der Waals surface area contributed by atoms with Crippen molar-refractivity contribution in [3.05, 3.63) is 58.1 Å². The maximum atomic E-state index is 10.4. The third-order valence-corrected chi connectivity index (χ3v) is 9.18. The van der Waals surface area contributed by atoms with E-state index >= 15 is 0 Å². The topological polar surface area (TPSA) is 162 Å². The molecule has 8 nitrogen and oxygen atoms in total. The van der Waals surface area contributed by atoms with Gasteiger partial charge in [0.05, 0.1) is 0 Å². The highest BCUT2D eigenvalue weighted by atomic mass is 16.4. The van der Waals surface area contributed by atoms with E-state index in [0.29, 0.717) is 0 Å². The standard InChI is InChI=1S/C29H46B4O8/c1-4-7-8-9-10-23-22(27(33(40)41)16-18-31(36)37)13-14-24-21-12-11-20(26(32(38)39)15-17-30(34)35)19-25(21)29(5-2,6-3)28(23)24/h11-14,19,26-27,34-41H,4-10,15-18H2,1-3H3. The van der Waals surface area contributed by atoms with E-state index in [1.54, 1.807) is 0 Å². The molecular formula is C29H46B4O8. The highest BCUT2D eigenvalue weighted by Crippen LogP contribution is 2.56. The lowest BCUT2D eigenvalue weighted by Crippen LogP contribution is -2.30. The lowest BCUT2D eigenvalue weighted by Gasteiger charge is -2.34. The minimum absolute atomic E-state index is 0.0188. The van der Waals surface area contributed by atoms with Crippen LogP contribution in [0.5, 0.6) is 0 Å². The normalized spacial score (nSPS) is 14.8. The number of hydrogen-bond donors (Lipinski definition) is 8. The van der Waals surface area contributed by atoms with Gasteiger partial charge in [0.2, 0.25) is 0 Å². The fourth-order valence-electron chi connectivity index (χ4n) is 6.93. The summed E-state index contributed by atoms with van der Waals surface area (Å²) >= 11 is 0. The number of benzene rings is 2. The van der Waals surface area contributed by atoms with Gasteiger partial charge < -0.3 is 40.2 Å². The summed E-state index contributed by atoms with van der Waals surface area (Å²) in [6, 6.07) is 9.94. The third kappa shape index (κ3) is 7.48. The molecule has 2 atom stereocenters. The van der Waals surface area contributed by atoms with Crippen LogP contribution in [0.2, 0.25) is 12.6 Å². The molecule has 3 rings (SSSR count). The molecule has 2 aromatic carbocycles. The summed E-state index contributed by atoms with van der Waals surface area (Å²) in [5, 5.41) is 79.1. The minimum Gasteiger partial charge on any atom is -0.427 e. The SMILES string of the molecule is CCCCCCc1c(C(CCB(O)O)B(O)O)ccc2c1C(CC)(CC)c1cc(C(CCB(O)O)B(O)O)ccc1-2. The van der Waals surface area contributed by atoms with Crippen LogP contribution < -0.4 is 0 Å². The molecule has 0 spiro atoms. The molecule has 0 heterocycles. The second-order valence-electron chi connectivity index (χ2n) is 11.6. The summed E-state index contributed by atoms with van der Waals surface area (Å²) in [5.41, 5.74) is 6.67. The Morgan fingerprint density at radius 2 is 1.27 bits per heavy atom. The molecular weight excluding hydrogens is 520 g/mol. The fourth-order valence-corrected chi connectivity index (χ4v) is 6.93. The number of unbranched alkanes of at least 4 members (excludes halogenated alkanes) is 3. The van der Waals surface area contributed by atoms with Crippen molar-refractivity contribution in [3.8, 4) is 11.1 Å². The monoisotopic (exact) mass is 566 g/mol. The van der Waals surface area contributed by atoms with E-state index < -0.39 is 40.1 Å². The molecule has 0 radical (unpaired) electrons. The van der Waals surface area contributed by atoms with Crippen molar-refractivity contribution in [1.82, 2.24) is 0 Å². The molecule has 1 aliphatic carbocycles. The van der Waals surface area contributed by atoms with Crippen molar-refractivity contribution in [3.63, 3.8) is 0 Å². The van der Waals surface area contributed by atoms with Gasteiger partial charge >= 0.3 is 28.5 Å². The fraction of sp³-hybridized carbons (Fsp3) is 0.586. The number of fused-ring (bicyclic) bond motifs is 3. The lowest BCUT2D eigenvalue weighted by molar-refractivity contribution is 0.374. The Labute approximate surface area is 246 Å². The van der Waals surface area contributed by atoms with E-state index in [-0.39, 0.29) is 30.9 Å². The van der Waals surface area contributed by atoms with Crippen LogP contribution in [0.25, 0.3) is 11.1 Å². The van der Waals surface area contributed by atoms with Gasteiger partial charge in [-0.1, -0.05) is 70.4 Å². The first-order valence-corrected chi connectivity index (χ1v) is 15.3. The highest BCUT2D eigenvalue weighted by molar-refractivity contribution is 6.45. The molecule has 0 amide bonds. The minimum atomic E-state index is -1.65. The van der Waals surface area contributed by atoms with Gasteiger partial charge in [0.25, 0.3) is 0 Å². The Morgan fingerprint density at radius 1 is 0.683 bits per heavy atom. The predicted molar refractivity (Wildman–Crippen MR) is 166 cm³/mol. The van der Waals surface area contributed by atoms with Crippen LogP contribution >= 0.6 is 0 Å². The molecule has 2 unspecified atom stereocenters. The summed E-state index contributed by atoms with van der Waals surface area (Å²) in [4.78, 5) is 0. The zero-order valence-electron chi connectivity index (χ0n) is 24.7. The first kappa shape index (κ1) is 33.9. The lowest BCUT2D eigenvalue weighted by atomic mass is 9.60. The van der Waals surface area contributed by atoms with E-state index in [4.69, 9.17) is 0 Å². The second kappa shape index (κ2) is 15.2. The van der Waals surface area contributed by atoms with E-state index in [2.05, 4.69) is 20.8 Å². The van der Waals surface area contributed by atoms with Crippen LogP contribution in [0.3, 0.4) is 0 Å². The molecule has 222 valence electrons. The van der Waals surface area contributed by atoms with Crippen LogP contribution in [0.4, 0.5) is 0 Å². The molecule has 0 saturated carbocycles. The van der Waals surface area contributed by atoms with E-state index in [0.717, 1.165) is 78.3 Å². The van der Waals surface area contributed by atoms with Crippen molar-refractivity contribution in [2.45, 2.75) is 108 Å². The maximum Gasteiger partial charge on any atom is 0.459 e. The first-order valence-electron chi connectivity index (χ1n) is 15.3. The van der Waals surface area contributed by atoms with Crippen LogP contribution in [-0.4, -0.2) is 68.7 Å². The maximum absolute atomic E-state index is 10.4. The molecule has 0 aromatic heterocycles. The van der Waals surface area contributed by atoms with Gasteiger partial charge in [-0.2, -0.15) is 0 Å². The summed E-state index contributed by atoms with van der Waals surface area (Å²) < 4.78 is 0. The largest absolute Gasteiger partial charge is 0.459 e. The van der Waals surface area contributed by atoms with Crippen LogP contribution in [0.15, 0.2) is 30.3 Å². The molecule has 0 bridgehead atoms. The summed E-state index contributed by atoms with van der Waals surface area (Å²) in [6.45, 7) is 6.45. The van der Waals surface area contributed by atoms with Crippen molar-refractivity contribution in [1.29, 1.82) is 0 Å². The Hall–Kier alpha value is -1.62. The van der Waals surface area contributed by atoms with Crippen LogP contribution in [-0.2, 0) is 11.8 Å². The molecule has 1 aliphatic rings. The van der Waals surface area contributed by atoms with Gasteiger partial charge in [-0.15, -0.1) is 0 Å². The molecule has 41 heavy (non-hydrogen) atoms. The van der Waals surface area contributed by atoms with E-state index in [9.17, 15) is 40.2 Å². The van der Waals surface area contributed by atoms with Gasteiger partial charge in [0, 0.05) is 17.0 Å². The summed E-state index contributed by atoms with van der Waals surface area (Å²) in [7, 11) is -6.37. The molecule has 8 N–H and O–H groups in total. The highest BCUT2D eigenvalue weighted by Gasteiger charge is 2.44. The smallest absolute Gasteiger partial charge is 0.427 e. The van der Waals surface area contributed by atoms with Crippen molar-refractivity contribution in [2.75, 3.05) is 0 Å². The number of hydrogen-bond acceptors (Lipinski definition) is 8. The van der Waals surface area contributed by atoms with Crippen molar-refractivity contribution in [2.24, 2.45) is 0 Å². The zero-order valence-corrected chi connectivity index (χ0v) is 24.7. The zero-order chi connectivity index (χ0) is 30.3. The average Bonchev–Trinajstić information content (AvgIpc) is 3.20. The molecule has 2 aromatic rings. The average molecular weight is 566 g/mol. The first-order chi connectivity index (χ1) is 19.5. The van der Waals surface area contributed by atoms with Gasteiger partial charge in [-0.3, -0.25) is 0 Å². The van der Waals surface area contributed by atoms with Crippen LogP contribution in [0.1, 0.15) is 112 Å². The van der Waals surface area contributed by atoms with Gasteiger partial charge in [-0.05, 0) is 90.1 Å². The van der Waals surface area contributed by atoms with Gasteiger partial charge in [0.1, 0.15) is 0 Å². The van der Waals surface area contributed by atoms with Gasteiger partial charge in [-0.25, -0.2) is 0 Å². The molecule has 12 heteroatoms. The predicted octanol–water partition coefficient (Wildman–Crippen LogP) is 2.81. The van der Waals surface area contributed by atoms with Gasteiger partial charge in [0.15, 0.2) is 0 Å². The Kier molecular flexibility index (Phi) is 12.6. The molecule has 0 aliphatic heterocycles. The third-order valence-electron chi connectivity index (χ3n) is 9.18. The quantitative estimate of drug-likeness (QED) is 0.107. The van der Waals surface area contributed by atoms with E-state index in [1.807, 2.05) is 30.3 Å². The summed E-state index contributed by atoms with van der Waals surface area (Å²) in [6.07, 6.45) is 6.98. The Bertz CT molecular complexity index is 1120. The van der Waals surface area contributed by atoms with Crippen molar-refractivity contribution >= 4 is 28.5 Å². The molecule has 0 fully saturated rings. The molecule has 0 saturated heterocycles. The summed E-state index contributed by atoms with van der Waals surface area (Å²) in [5.74, 6) is -1.35. The Balaban J connectivity index is 2.21. The number of rotatable bonds is 17. The Morgan fingerprint density at radius 3 is 1.80 bits per heavy atom. The van der Waals surface area contributed by atoms with Crippen LogP contribution in [0, 0.1) is 0 Å².